The SMILES string of the molecule is COC(=O)C1=CNc2cc(Cl)c(F)cc2S1. The van der Waals surface area contributed by atoms with Gasteiger partial charge in [0.15, 0.2) is 0 Å². The summed E-state index contributed by atoms with van der Waals surface area (Å²) < 4.78 is 17.8. The number of thioether (sulfide) groups is 1. The Morgan fingerprint density at radius 1 is 1.56 bits per heavy atom. The van der Waals surface area contributed by atoms with E-state index >= 15 is 0 Å². The first-order valence-corrected chi connectivity index (χ1v) is 5.53. The van der Waals surface area contributed by atoms with Crippen molar-refractivity contribution in [2.24, 2.45) is 0 Å². The van der Waals surface area contributed by atoms with Crippen LogP contribution in [0.3, 0.4) is 0 Å². The highest BCUT2D eigenvalue weighted by atomic mass is 35.5. The number of methoxy groups -OCH3 is 1. The van der Waals surface area contributed by atoms with Crippen LogP contribution in [0.1, 0.15) is 0 Å². The van der Waals surface area contributed by atoms with E-state index in [1.165, 1.54) is 25.4 Å². The number of rotatable bonds is 1. The van der Waals surface area contributed by atoms with Crippen molar-refractivity contribution in [1.82, 2.24) is 0 Å². The predicted molar refractivity (Wildman–Crippen MR) is 61.0 cm³/mol. The van der Waals surface area contributed by atoms with Crippen molar-refractivity contribution in [3.8, 4) is 0 Å². The monoisotopic (exact) mass is 259 g/mol. The summed E-state index contributed by atoms with van der Waals surface area (Å²) in [5.41, 5.74) is 0.670. The number of carbonyl (C=O) groups excluding carboxylic acids is 1. The zero-order valence-corrected chi connectivity index (χ0v) is 9.79. The van der Waals surface area contributed by atoms with Crippen LogP contribution in [-0.2, 0) is 9.53 Å². The van der Waals surface area contributed by atoms with Gasteiger partial charge in [-0.1, -0.05) is 23.4 Å². The average Bonchev–Trinajstić information content (AvgIpc) is 2.29. The van der Waals surface area contributed by atoms with Crippen molar-refractivity contribution in [2.45, 2.75) is 4.90 Å². The number of halogens is 2. The van der Waals surface area contributed by atoms with Gasteiger partial charge in [0.05, 0.1) is 17.8 Å². The highest BCUT2D eigenvalue weighted by molar-refractivity contribution is 8.04. The van der Waals surface area contributed by atoms with Gasteiger partial charge >= 0.3 is 5.97 Å². The van der Waals surface area contributed by atoms with Gasteiger partial charge in [-0.05, 0) is 12.1 Å². The third kappa shape index (κ3) is 2.01. The minimum atomic E-state index is -0.513. The largest absolute Gasteiger partial charge is 0.465 e. The van der Waals surface area contributed by atoms with Crippen LogP contribution in [0.15, 0.2) is 28.1 Å². The summed E-state index contributed by atoms with van der Waals surface area (Å²) in [4.78, 5) is 12.2. The molecule has 0 radical (unpaired) electrons. The van der Waals surface area contributed by atoms with Crippen molar-refractivity contribution >= 4 is 35.0 Å². The minimum Gasteiger partial charge on any atom is -0.465 e. The van der Waals surface area contributed by atoms with Crippen LogP contribution in [0, 0.1) is 5.82 Å². The van der Waals surface area contributed by atoms with Crippen LogP contribution in [-0.4, -0.2) is 13.1 Å². The minimum absolute atomic E-state index is 0.0433. The van der Waals surface area contributed by atoms with Crippen LogP contribution < -0.4 is 5.32 Å². The van der Waals surface area contributed by atoms with Crippen LogP contribution in [0.2, 0.25) is 5.02 Å². The first kappa shape index (κ1) is 11.3. The van der Waals surface area contributed by atoms with E-state index in [4.69, 9.17) is 11.6 Å². The second kappa shape index (κ2) is 4.35. The lowest BCUT2D eigenvalue weighted by Gasteiger charge is -2.16. The zero-order valence-electron chi connectivity index (χ0n) is 8.21. The third-order valence-corrected chi connectivity index (χ3v) is 3.34. The number of esters is 1. The Kier molecular flexibility index (Phi) is 3.07. The van der Waals surface area contributed by atoms with Crippen LogP contribution >= 0.6 is 23.4 Å². The normalized spacial score (nSPS) is 13.6. The van der Waals surface area contributed by atoms with Gasteiger partial charge in [-0.3, -0.25) is 0 Å². The molecule has 1 N–H and O–H groups in total. The molecule has 0 saturated heterocycles. The Bertz CT molecular complexity index is 490. The number of benzene rings is 1. The lowest BCUT2D eigenvalue weighted by atomic mass is 10.3. The van der Waals surface area contributed by atoms with E-state index in [2.05, 4.69) is 10.1 Å². The molecule has 0 aromatic heterocycles. The Morgan fingerprint density at radius 3 is 3.00 bits per heavy atom. The molecule has 1 aliphatic heterocycles. The number of carbonyl (C=O) groups is 1. The predicted octanol–water partition coefficient (Wildman–Crippen LogP) is 3.01. The number of hydrogen-bond acceptors (Lipinski definition) is 4. The molecule has 16 heavy (non-hydrogen) atoms. The van der Waals surface area contributed by atoms with Gasteiger partial charge in [-0.25, -0.2) is 9.18 Å². The fraction of sp³-hybridized carbons (Fsp3) is 0.100. The van der Waals surface area contributed by atoms with E-state index in [1.54, 1.807) is 0 Å². The average molecular weight is 260 g/mol. The number of fused-ring (bicyclic) bond motifs is 1. The fourth-order valence-electron chi connectivity index (χ4n) is 1.22. The van der Waals surface area contributed by atoms with Gasteiger partial charge in [0.1, 0.15) is 10.7 Å². The maximum atomic E-state index is 13.2. The summed E-state index contributed by atoms with van der Waals surface area (Å²) in [6.07, 6.45) is 1.51. The van der Waals surface area contributed by atoms with Crippen molar-refractivity contribution in [2.75, 3.05) is 12.4 Å². The summed E-state index contributed by atoms with van der Waals surface area (Å²) >= 11 is 6.77. The first-order valence-electron chi connectivity index (χ1n) is 4.33. The Labute approximate surface area is 101 Å². The molecule has 1 aliphatic rings. The lowest BCUT2D eigenvalue weighted by Crippen LogP contribution is -2.08. The highest BCUT2D eigenvalue weighted by Crippen LogP contribution is 2.39. The molecule has 0 amide bonds. The molecule has 6 heteroatoms. The van der Waals surface area contributed by atoms with E-state index in [0.29, 0.717) is 15.5 Å². The molecule has 2 rings (SSSR count). The summed E-state index contributed by atoms with van der Waals surface area (Å²) in [7, 11) is 1.29. The first-order chi connectivity index (χ1) is 7.61. The highest BCUT2D eigenvalue weighted by Gasteiger charge is 2.19. The van der Waals surface area contributed by atoms with E-state index in [1.807, 2.05) is 0 Å². The lowest BCUT2D eigenvalue weighted by molar-refractivity contribution is -0.135. The smallest absolute Gasteiger partial charge is 0.346 e. The molecule has 1 heterocycles. The molecule has 0 bridgehead atoms. The zero-order chi connectivity index (χ0) is 11.7. The molecular weight excluding hydrogens is 253 g/mol. The summed E-state index contributed by atoms with van der Waals surface area (Å²) in [5.74, 6) is -0.973. The molecule has 1 aromatic carbocycles. The third-order valence-electron chi connectivity index (χ3n) is 1.99. The Hall–Kier alpha value is -1.20. The second-order valence-corrected chi connectivity index (χ2v) is 4.50. The second-order valence-electron chi connectivity index (χ2n) is 3.01. The molecular formula is C10H7ClFNO2S. The van der Waals surface area contributed by atoms with Crippen LogP contribution in [0.5, 0.6) is 0 Å². The standard InChI is InChI=1S/C10H7ClFNO2S/c1-15-10(14)9-4-13-7-2-5(11)6(12)3-8(7)16-9/h2-4,13H,1H3. The number of hydrogen-bond donors (Lipinski definition) is 1. The van der Waals surface area contributed by atoms with Crippen LogP contribution in [0.4, 0.5) is 10.1 Å². The van der Waals surface area contributed by atoms with Gasteiger partial charge in [0, 0.05) is 11.1 Å². The molecule has 1 aromatic rings. The van der Waals surface area contributed by atoms with Crippen molar-refractivity contribution in [3.63, 3.8) is 0 Å². The number of anilines is 1. The van der Waals surface area contributed by atoms with Gasteiger partial charge in [-0.2, -0.15) is 0 Å². The summed E-state index contributed by atoms with van der Waals surface area (Å²) in [5, 5.41) is 2.90. The molecule has 84 valence electrons. The van der Waals surface area contributed by atoms with Gasteiger partial charge in [0.25, 0.3) is 0 Å². The van der Waals surface area contributed by atoms with Crippen molar-refractivity contribution in [3.05, 3.63) is 34.1 Å². The molecule has 0 spiro atoms. The van der Waals surface area contributed by atoms with E-state index in [9.17, 15) is 9.18 Å². The maximum Gasteiger partial charge on any atom is 0.346 e. The van der Waals surface area contributed by atoms with Gasteiger partial charge in [-0.15, -0.1) is 0 Å². The molecule has 0 fully saturated rings. The molecule has 0 saturated carbocycles. The van der Waals surface area contributed by atoms with Gasteiger partial charge in [0.2, 0.25) is 0 Å². The summed E-state index contributed by atoms with van der Waals surface area (Å²) in [6.45, 7) is 0. The Morgan fingerprint density at radius 2 is 2.31 bits per heavy atom. The van der Waals surface area contributed by atoms with Crippen molar-refractivity contribution < 1.29 is 13.9 Å². The molecule has 3 nitrogen and oxygen atoms in total. The fourth-order valence-corrected chi connectivity index (χ4v) is 2.29. The van der Waals surface area contributed by atoms with Crippen molar-refractivity contribution in [1.29, 1.82) is 0 Å². The topological polar surface area (TPSA) is 38.3 Å². The number of ether oxygens (including phenoxy) is 1. The Balaban J connectivity index is 2.33. The van der Waals surface area contributed by atoms with Gasteiger partial charge < -0.3 is 10.1 Å². The van der Waals surface area contributed by atoms with E-state index in [0.717, 1.165) is 11.8 Å². The maximum absolute atomic E-state index is 13.2. The van der Waals surface area contributed by atoms with E-state index < -0.39 is 11.8 Å². The van der Waals surface area contributed by atoms with Crippen LogP contribution in [0.25, 0.3) is 0 Å². The number of nitrogens with one attached hydrogen (secondary N) is 1. The molecule has 0 atom stereocenters. The van der Waals surface area contributed by atoms with E-state index in [-0.39, 0.29) is 5.02 Å². The quantitative estimate of drug-likeness (QED) is 0.787. The molecule has 0 aliphatic carbocycles. The summed E-state index contributed by atoms with van der Waals surface area (Å²) in [6, 6.07) is 2.76. The molecule has 0 unspecified atom stereocenters.